The van der Waals surface area contributed by atoms with Crippen molar-refractivity contribution in [1.82, 2.24) is 14.9 Å². The molecule has 168 valence electrons. The number of aliphatic hydroxyl groups excluding tert-OH is 1. The SMILES string of the molecule is COc1ncc(C2(O)[C@H]3CCC[C@H]2CN(Cc2ccc(OC)c(CO)c2)C3)c(OC)n1. The molecule has 2 atom stereocenters. The summed E-state index contributed by atoms with van der Waals surface area (Å²) in [5.41, 5.74) is 1.53. The first-order valence-electron chi connectivity index (χ1n) is 10.7. The Hall–Kier alpha value is -2.42. The molecular weight excluding hydrogens is 398 g/mol. The Morgan fingerprint density at radius 1 is 1.10 bits per heavy atom. The van der Waals surface area contributed by atoms with E-state index in [1.54, 1.807) is 20.4 Å². The van der Waals surface area contributed by atoms with Crippen molar-refractivity contribution in [2.24, 2.45) is 11.8 Å². The third-order valence-corrected chi connectivity index (χ3v) is 6.77. The number of fused-ring (bicyclic) bond motifs is 2. The van der Waals surface area contributed by atoms with Crippen LogP contribution in [0.25, 0.3) is 0 Å². The number of benzene rings is 1. The summed E-state index contributed by atoms with van der Waals surface area (Å²) in [5.74, 6) is 1.19. The number of likely N-dealkylation sites (tertiary alicyclic amines) is 1. The van der Waals surface area contributed by atoms with Gasteiger partial charge in [0, 0.05) is 43.2 Å². The van der Waals surface area contributed by atoms with E-state index in [0.29, 0.717) is 17.2 Å². The summed E-state index contributed by atoms with van der Waals surface area (Å²) >= 11 is 0. The van der Waals surface area contributed by atoms with E-state index in [1.807, 2.05) is 18.2 Å². The smallest absolute Gasteiger partial charge is 0.319 e. The first kappa shape index (κ1) is 21.8. The number of aliphatic hydroxyl groups is 2. The molecule has 1 aromatic carbocycles. The Balaban J connectivity index is 1.58. The van der Waals surface area contributed by atoms with Crippen molar-refractivity contribution in [1.29, 1.82) is 0 Å². The van der Waals surface area contributed by atoms with E-state index in [2.05, 4.69) is 14.9 Å². The third-order valence-electron chi connectivity index (χ3n) is 6.77. The highest BCUT2D eigenvalue weighted by Crippen LogP contribution is 2.51. The predicted molar refractivity (Wildman–Crippen MR) is 114 cm³/mol. The van der Waals surface area contributed by atoms with E-state index in [1.165, 1.54) is 7.11 Å². The van der Waals surface area contributed by atoms with Crippen LogP contribution in [0.1, 0.15) is 36.0 Å². The van der Waals surface area contributed by atoms with Crippen LogP contribution >= 0.6 is 0 Å². The predicted octanol–water partition coefficient (Wildman–Crippen LogP) is 2.11. The zero-order chi connectivity index (χ0) is 22.0. The van der Waals surface area contributed by atoms with E-state index < -0.39 is 5.60 Å². The number of nitrogens with zero attached hydrogens (tertiary/aromatic N) is 3. The minimum Gasteiger partial charge on any atom is -0.496 e. The number of methoxy groups -OCH3 is 3. The average Bonchev–Trinajstić information content (AvgIpc) is 2.79. The van der Waals surface area contributed by atoms with Crippen molar-refractivity contribution in [3.63, 3.8) is 0 Å². The molecule has 1 aliphatic carbocycles. The van der Waals surface area contributed by atoms with E-state index in [4.69, 9.17) is 14.2 Å². The topological polar surface area (TPSA) is 97.2 Å². The lowest BCUT2D eigenvalue weighted by Gasteiger charge is -2.53. The van der Waals surface area contributed by atoms with Gasteiger partial charge in [0.05, 0.1) is 33.5 Å². The lowest BCUT2D eigenvalue weighted by atomic mass is 9.63. The molecule has 2 aliphatic rings. The summed E-state index contributed by atoms with van der Waals surface area (Å²) in [5, 5.41) is 21.6. The van der Waals surface area contributed by atoms with Crippen LogP contribution in [0, 0.1) is 11.8 Å². The zero-order valence-corrected chi connectivity index (χ0v) is 18.4. The number of rotatable bonds is 7. The number of hydrogen-bond acceptors (Lipinski definition) is 8. The van der Waals surface area contributed by atoms with E-state index >= 15 is 0 Å². The molecule has 2 heterocycles. The second-order valence-electron chi connectivity index (χ2n) is 8.43. The van der Waals surface area contributed by atoms with Crippen molar-refractivity contribution in [3.8, 4) is 17.6 Å². The minimum atomic E-state index is -1.03. The van der Waals surface area contributed by atoms with E-state index in [-0.39, 0.29) is 24.5 Å². The van der Waals surface area contributed by atoms with Crippen LogP contribution in [0.3, 0.4) is 0 Å². The molecule has 4 rings (SSSR count). The van der Waals surface area contributed by atoms with Gasteiger partial charge in [-0.25, -0.2) is 4.98 Å². The fraction of sp³-hybridized carbons (Fsp3) is 0.565. The molecule has 2 bridgehead atoms. The van der Waals surface area contributed by atoms with Crippen molar-refractivity contribution in [2.75, 3.05) is 34.4 Å². The second kappa shape index (κ2) is 8.98. The number of piperidine rings is 1. The molecule has 2 fully saturated rings. The summed E-state index contributed by atoms with van der Waals surface area (Å²) in [6, 6.07) is 6.16. The summed E-state index contributed by atoms with van der Waals surface area (Å²) in [4.78, 5) is 11.0. The molecule has 8 nitrogen and oxygen atoms in total. The Bertz CT molecular complexity index is 908. The lowest BCUT2D eigenvalue weighted by Crippen LogP contribution is -2.58. The van der Waals surface area contributed by atoms with Gasteiger partial charge in [-0.1, -0.05) is 12.5 Å². The summed E-state index contributed by atoms with van der Waals surface area (Å²) in [6.45, 7) is 2.24. The van der Waals surface area contributed by atoms with Crippen LogP contribution in [-0.2, 0) is 18.8 Å². The van der Waals surface area contributed by atoms with Gasteiger partial charge in [0.15, 0.2) is 0 Å². The van der Waals surface area contributed by atoms with Crippen molar-refractivity contribution in [3.05, 3.63) is 41.1 Å². The fourth-order valence-corrected chi connectivity index (χ4v) is 5.30. The number of ether oxygens (including phenoxy) is 3. The molecule has 1 aliphatic heterocycles. The molecule has 8 heteroatoms. The normalized spacial score (nSPS) is 25.8. The molecule has 0 amide bonds. The van der Waals surface area contributed by atoms with Gasteiger partial charge < -0.3 is 24.4 Å². The molecule has 1 saturated carbocycles. The van der Waals surface area contributed by atoms with Crippen LogP contribution in [0.4, 0.5) is 0 Å². The number of aromatic nitrogens is 2. The van der Waals surface area contributed by atoms with E-state index in [9.17, 15) is 10.2 Å². The zero-order valence-electron chi connectivity index (χ0n) is 18.4. The quantitative estimate of drug-likeness (QED) is 0.691. The maximum atomic E-state index is 12.0. The fourth-order valence-electron chi connectivity index (χ4n) is 5.30. The van der Waals surface area contributed by atoms with Crippen LogP contribution < -0.4 is 14.2 Å². The molecule has 2 aromatic rings. The molecule has 31 heavy (non-hydrogen) atoms. The monoisotopic (exact) mass is 429 g/mol. The first-order chi connectivity index (χ1) is 15.0. The molecular formula is C23H31N3O5. The van der Waals surface area contributed by atoms with Crippen molar-refractivity contribution < 1.29 is 24.4 Å². The van der Waals surface area contributed by atoms with Gasteiger partial charge >= 0.3 is 6.01 Å². The van der Waals surface area contributed by atoms with Gasteiger partial charge in [0.2, 0.25) is 5.88 Å². The van der Waals surface area contributed by atoms with Crippen molar-refractivity contribution >= 4 is 0 Å². The van der Waals surface area contributed by atoms with Gasteiger partial charge in [0.1, 0.15) is 11.4 Å². The summed E-state index contributed by atoms with van der Waals surface area (Å²) in [6.07, 6.45) is 4.62. The van der Waals surface area contributed by atoms with Crippen LogP contribution in [0.15, 0.2) is 24.4 Å². The molecule has 1 aromatic heterocycles. The van der Waals surface area contributed by atoms with Crippen LogP contribution in [0.5, 0.6) is 17.6 Å². The second-order valence-corrected chi connectivity index (χ2v) is 8.43. The van der Waals surface area contributed by atoms with Gasteiger partial charge in [0.25, 0.3) is 0 Å². The van der Waals surface area contributed by atoms with Crippen LogP contribution in [0.2, 0.25) is 0 Å². The summed E-state index contributed by atoms with van der Waals surface area (Å²) < 4.78 is 15.9. The highest BCUT2D eigenvalue weighted by molar-refractivity contribution is 5.37. The van der Waals surface area contributed by atoms with E-state index in [0.717, 1.165) is 50.0 Å². The summed E-state index contributed by atoms with van der Waals surface area (Å²) in [7, 11) is 4.68. The highest BCUT2D eigenvalue weighted by Gasteiger charge is 2.53. The minimum absolute atomic E-state index is 0.0563. The Labute approximate surface area is 182 Å². The number of hydrogen-bond donors (Lipinski definition) is 2. The maximum absolute atomic E-state index is 12.0. The maximum Gasteiger partial charge on any atom is 0.319 e. The van der Waals surface area contributed by atoms with Gasteiger partial charge in [-0.3, -0.25) is 4.90 Å². The molecule has 0 spiro atoms. The van der Waals surface area contributed by atoms with Crippen LogP contribution in [-0.4, -0.2) is 59.5 Å². The standard InChI is InChI=1S/C23H31N3O5/c1-29-20-8-7-15(9-16(20)14-27)11-26-12-17-5-4-6-18(13-26)23(17,28)19-10-24-22(31-3)25-21(19)30-2/h7-10,17-18,27-28H,4-6,11-14H2,1-3H3/t17-,18-/m0/s1. The molecule has 0 unspecified atom stereocenters. The molecule has 0 radical (unpaired) electrons. The van der Waals surface area contributed by atoms with Crippen molar-refractivity contribution in [2.45, 2.75) is 38.0 Å². The average molecular weight is 430 g/mol. The third kappa shape index (κ3) is 3.95. The van der Waals surface area contributed by atoms with Gasteiger partial charge in [-0.15, -0.1) is 0 Å². The Morgan fingerprint density at radius 3 is 2.45 bits per heavy atom. The Kier molecular flexibility index (Phi) is 6.31. The highest BCUT2D eigenvalue weighted by atomic mass is 16.5. The Morgan fingerprint density at radius 2 is 1.84 bits per heavy atom. The largest absolute Gasteiger partial charge is 0.496 e. The van der Waals surface area contributed by atoms with Gasteiger partial charge in [-0.05, 0) is 30.5 Å². The van der Waals surface area contributed by atoms with Gasteiger partial charge in [-0.2, -0.15) is 4.98 Å². The first-order valence-corrected chi connectivity index (χ1v) is 10.7. The lowest BCUT2D eigenvalue weighted by molar-refractivity contribution is -0.149. The molecule has 1 saturated heterocycles. The molecule has 2 N–H and O–H groups in total.